The van der Waals surface area contributed by atoms with Crippen LogP contribution in [0.4, 0.5) is 47.3 Å². The summed E-state index contributed by atoms with van der Waals surface area (Å²) in [6.45, 7) is 10.8. The zero-order valence-electron chi connectivity index (χ0n) is 30.5. The highest BCUT2D eigenvalue weighted by Gasteiger charge is 2.30. The second-order valence-corrected chi connectivity index (χ2v) is 14.6. The van der Waals surface area contributed by atoms with Crippen LogP contribution in [0.15, 0.2) is 146 Å². The lowest BCUT2D eigenvalue weighted by molar-refractivity contribution is -0.137. The molecule has 0 spiro atoms. The van der Waals surface area contributed by atoms with E-state index in [1.54, 1.807) is 12.1 Å². The highest BCUT2D eigenvalue weighted by Crippen LogP contribution is 2.48. The van der Waals surface area contributed by atoms with E-state index in [9.17, 15) is 13.2 Å². The molecule has 0 heterocycles. The van der Waals surface area contributed by atoms with Gasteiger partial charge in [0.2, 0.25) is 0 Å². The van der Waals surface area contributed by atoms with Gasteiger partial charge in [-0.2, -0.15) is 13.2 Å². The third kappa shape index (κ3) is 6.24. The number of hydrogen-bond donors (Lipinski definition) is 0. The van der Waals surface area contributed by atoms with Crippen LogP contribution in [0.2, 0.25) is 0 Å². The van der Waals surface area contributed by atoms with Crippen molar-refractivity contribution in [3.8, 4) is 0 Å². The topological polar surface area (TPSA) is 6.48 Å². The van der Waals surface area contributed by atoms with Gasteiger partial charge in [-0.15, -0.1) is 0 Å². The maximum Gasteiger partial charge on any atom is 0.416 e. The van der Waals surface area contributed by atoms with Gasteiger partial charge in [0.25, 0.3) is 0 Å². The molecule has 0 atom stereocenters. The maximum absolute atomic E-state index is 13.7. The fourth-order valence-corrected chi connectivity index (χ4v) is 7.52. The van der Waals surface area contributed by atoms with E-state index >= 15 is 0 Å². The smallest absolute Gasteiger partial charge is 0.310 e. The molecular formula is C48H41F3N2. The zero-order valence-corrected chi connectivity index (χ0v) is 30.5. The van der Waals surface area contributed by atoms with Gasteiger partial charge < -0.3 is 9.80 Å². The van der Waals surface area contributed by atoms with E-state index in [1.165, 1.54) is 28.8 Å². The van der Waals surface area contributed by atoms with Gasteiger partial charge in [-0.3, -0.25) is 0 Å². The SMILES string of the molecule is Cc1ccc(N(c2ccc(C(C)C)cc2)c2ccc3ccc4c(N(c5ccc(C(C)C)cc5)c5ccc(C(F)(F)F)cc5)ccc5ccc2c3c54)cc1. The van der Waals surface area contributed by atoms with Crippen molar-refractivity contribution in [1.29, 1.82) is 0 Å². The number of rotatable bonds is 8. The van der Waals surface area contributed by atoms with Crippen LogP contribution < -0.4 is 9.80 Å². The van der Waals surface area contributed by atoms with Gasteiger partial charge in [0.05, 0.1) is 16.9 Å². The normalized spacial score (nSPS) is 12.1. The number of aryl methyl sites for hydroxylation is 1. The Morgan fingerprint density at radius 3 is 1.11 bits per heavy atom. The molecular weight excluding hydrogens is 662 g/mol. The van der Waals surface area contributed by atoms with Gasteiger partial charge >= 0.3 is 6.18 Å². The van der Waals surface area contributed by atoms with Gasteiger partial charge in [-0.05, 0) is 124 Å². The Kier molecular flexibility index (Phi) is 8.61. The van der Waals surface area contributed by atoms with Crippen LogP contribution in [0.25, 0.3) is 32.3 Å². The highest BCUT2D eigenvalue weighted by atomic mass is 19.4. The summed E-state index contributed by atoms with van der Waals surface area (Å²) >= 11 is 0. The molecule has 0 amide bonds. The van der Waals surface area contributed by atoms with Crippen LogP contribution in [-0.2, 0) is 6.18 Å². The molecule has 0 bridgehead atoms. The summed E-state index contributed by atoms with van der Waals surface area (Å²) in [5, 5.41) is 6.64. The minimum absolute atomic E-state index is 0.347. The third-order valence-corrected chi connectivity index (χ3v) is 10.5. The molecule has 0 unspecified atom stereocenters. The lowest BCUT2D eigenvalue weighted by atomic mass is 9.91. The maximum atomic E-state index is 13.7. The Hall–Kier alpha value is -5.81. The molecule has 0 aliphatic heterocycles. The quantitative estimate of drug-likeness (QED) is 0.145. The molecule has 0 radical (unpaired) electrons. The number of anilines is 6. The van der Waals surface area contributed by atoms with Gasteiger partial charge in [0.15, 0.2) is 0 Å². The van der Waals surface area contributed by atoms with Crippen LogP contribution in [0, 0.1) is 6.92 Å². The van der Waals surface area contributed by atoms with Gasteiger partial charge in [-0.1, -0.05) is 106 Å². The van der Waals surface area contributed by atoms with Crippen molar-refractivity contribution in [3.05, 3.63) is 168 Å². The summed E-state index contributed by atoms with van der Waals surface area (Å²) in [4.78, 5) is 4.41. The zero-order chi connectivity index (χ0) is 37.0. The molecule has 0 saturated carbocycles. The van der Waals surface area contributed by atoms with E-state index in [0.717, 1.165) is 60.8 Å². The largest absolute Gasteiger partial charge is 0.416 e. The molecule has 0 saturated heterocycles. The third-order valence-electron chi connectivity index (χ3n) is 10.5. The van der Waals surface area contributed by atoms with E-state index in [2.05, 4.69) is 166 Å². The van der Waals surface area contributed by atoms with Gasteiger partial charge in [0.1, 0.15) is 0 Å². The standard InChI is InChI=1S/C48H41F3N2/c1-30(2)33-8-20-39(21-9-33)52(38-18-6-32(5)7-19-38)44-28-14-35-13-27-43-45(29-15-36-12-26-42(44)46(35)47(36)43)53(40-22-10-34(11-23-40)31(3)4)41-24-16-37(17-25-41)48(49,50)51/h6-31H,1-5H3. The Balaban J connectivity index is 1.36. The molecule has 0 aliphatic carbocycles. The molecule has 0 aliphatic rings. The van der Waals surface area contributed by atoms with Crippen molar-refractivity contribution >= 4 is 66.4 Å². The average molecular weight is 703 g/mol. The Labute approximate surface area is 309 Å². The number of alkyl halides is 3. The molecule has 5 heteroatoms. The van der Waals surface area contributed by atoms with Crippen molar-refractivity contribution in [2.75, 3.05) is 9.80 Å². The molecule has 2 nitrogen and oxygen atoms in total. The van der Waals surface area contributed by atoms with Crippen LogP contribution in [0.1, 0.15) is 61.8 Å². The molecule has 0 aromatic heterocycles. The van der Waals surface area contributed by atoms with E-state index < -0.39 is 11.7 Å². The minimum Gasteiger partial charge on any atom is -0.310 e. The van der Waals surface area contributed by atoms with Crippen molar-refractivity contribution < 1.29 is 13.2 Å². The van der Waals surface area contributed by atoms with Crippen LogP contribution in [-0.4, -0.2) is 0 Å². The Morgan fingerprint density at radius 2 is 0.755 bits per heavy atom. The van der Waals surface area contributed by atoms with Crippen molar-refractivity contribution in [3.63, 3.8) is 0 Å². The lowest BCUT2D eigenvalue weighted by Gasteiger charge is -2.29. The fraction of sp³-hybridized carbons (Fsp3) is 0.167. The number of halogens is 3. The summed E-state index contributed by atoms with van der Waals surface area (Å²) in [5.41, 5.74) is 8.66. The summed E-state index contributed by atoms with van der Waals surface area (Å²) in [6, 6.07) is 48.7. The highest BCUT2D eigenvalue weighted by molar-refractivity contribution is 6.28. The van der Waals surface area contributed by atoms with Crippen molar-refractivity contribution in [2.24, 2.45) is 0 Å². The van der Waals surface area contributed by atoms with Crippen molar-refractivity contribution in [1.82, 2.24) is 0 Å². The van der Waals surface area contributed by atoms with Gasteiger partial charge in [0, 0.05) is 33.5 Å². The molecule has 0 N–H and O–H groups in total. The first-order valence-corrected chi connectivity index (χ1v) is 18.2. The molecule has 8 rings (SSSR count). The molecule has 8 aromatic rings. The Bertz CT molecular complexity index is 2530. The minimum atomic E-state index is -4.42. The predicted molar refractivity (Wildman–Crippen MR) is 217 cm³/mol. The predicted octanol–water partition coefficient (Wildman–Crippen LogP) is 15.1. The van der Waals surface area contributed by atoms with E-state index in [4.69, 9.17) is 0 Å². The molecule has 0 fully saturated rings. The molecule has 8 aromatic carbocycles. The molecule has 53 heavy (non-hydrogen) atoms. The summed E-state index contributed by atoms with van der Waals surface area (Å²) < 4.78 is 41.0. The number of benzene rings is 8. The number of hydrogen-bond acceptors (Lipinski definition) is 2. The number of nitrogens with zero attached hydrogens (tertiary/aromatic N) is 2. The summed E-state index contributed by atoms with van der Waals surface area (Å²) in [7, 11) is 0. The van der Waals surface area contributed by atoms with Crippen LogP contribution in [0.5, 0.6) is 0 Å². The van der Waals surface area contributed by atoms with E-state index in [1.807, 2.05) is 0 Å². The van der Waals surface area contributed by atoms with Crippen LogP contribution in [0.3, 0.4) is 0 Å². The monoisotopic (exact) mass is 702 g/mol. The van der Waals surface area contributed by atoms with Crippen molar-refractivity contribution in [2.45, 2.75) is 52.6 Å². The van der Waals surface area contributed by atoms with E-state index in [0.29, 0.717) is 17.5 Å². The summed E-state index contributed by atoms with van der Waals surface area (Å²) in [5.74, 6) is 0.774. The first kappa shape index (κ1) is 34.3. The average Bonchev–Trinajstić information content (AvgIpc) is 3.16. The van der Waals surface area contributed by atoms with E-state index in [-0.39, 0.29) is 0 Å². The molecule has 264 valence electrons. The second-order valence-electron chi connectivity index (χ2n) is 14.6. The fourth-order valence-electron chi connectivity index (χ4n) is 7.52. The van der Waals surface area contributed by atoms with Crippen LogP contribution >= 0.6 is 0 Å². The van der Waals surface area contributed by atoms with Gasteiger partial charge in [-0.25, -0.2) is 0 Å². The summed E-state index contributed by atoms with van der Waals surface area (Å²) in [6.07, 6.45) is -4.42. The first-order valence-electron chi connectivity index (χ1n) is 18.2. The Morgan fingerprint density at radius 1 is 0.415 bits per heavy atom. The second kappa shape index (κ2) is 13.3. The lowest BCUT2D eigenvalue weighted by Crippen LogP contribution is -2.12. The first-order chi connectivity index (χ1) is 25.5.